The van der Waals surface area contributed by atoms with E-state index in [4.69, 9.17) is 23.2 Å². The summed E-state index contributed by atoms with van der Waals surface area (Å²) in [5, 5.41) is 4.52. The zero-order valence-electron chi connectivity index (χ0n) is 11.0. The molecule has 0 aliphatic heterocycles. The first-order valence-corrected chi connectivity index (χ1v) is 6.70. The average Bonchev–Trinajstić information content (AvgIpc) is 2.39. The van der Waals surface area contributed by atoms with Crippen LogP contribution in [0.15, 0.2) is 29.8 Å². The number of esters is 1. The molecule has 0 bridgehead atoms. The number of hydrogen-bond acceptors (Lipinski definition) is 3. The topological polar surface area (TPSA) is 38.3 Å². The van der Waals surface area contributed by atoms with E-state index in [0.29, 0.717) is 22.2 Å². The monoisotopic (exact) mass is 301 g/mol. The van der Waals surface area contributed by atoms with Gasteiger partial charge in [0.25, 0.3) is 0 Å². The van der Waals surface area contributed by atoms with Crippen LogP contribution in [0, 0.1) is 0 Å². The summed E-state index contributed by atoms with van der Waals surface area (Å²) in [4.78, 5) is 11.1. The van der Waals surface area contributed by atoms with Crippen molar-refractivity contribution >= 4 is 29.2 Å². The predicted octanol–water partition coefficient (Wildman–Crippen LogP) is 3.24. The first kappa shape index (κ1) is 16.0. The number of methoxy groups -OCH3 is 1. The van der Waals surface area contributed by atoms with Crippen LogP contribution in [-0.2, 0) is 16.0 Å². The number of benzene rings is 1. The lowest BCUT2D eigenvalue weighted by molar-refractivity contribution is -0.136. The third-order valence-corrected chi connectivity index (χ3v) is 3.23. The minimum atomic E-state index is -0.303. The van der Waals surface area contributed by atoms with Crippen molar-refractivity contribution in [2.45, 2.75) is 13.3 Å². The highest BCUT2D eigenvalue weighted by molar-refractivity contribution is 6.35. The van der Waals surface area contributed by atoms with Crippen LogP contribution in [-0.4, -0.2) is 26.2 Å². The highest BCUT2D eigenvalue weighted by atomic mass is 35.5. The van der Waals surface area contributed by atoms with Gasteiger partial charge in [-0.2, -0.15) is 0 Å². The number of nitrogens with one attached hydrogen (secondary N) is 1. The molecule has 0 aromatic heterocycles. The molecule has 0 fully saturated rings. The van der Waals surface area contributed by atoms with Crippen molar-refractivity contribution in [1.82, 2.24) is 5.32 Å². The molecule has 1 rings (SSSR count). The Bertz CT molecular complexity index is 473. The summed E-state index contributed by atoms with van der Waals surface area (Å²) in [6.45, 7) is 3.11. The molecule has 0 aliphatic carbocycles. The van der Waals surface area contributed by atoms with Crippen molar-refractivity contribution in [3.8, 4) is 0 Å². The van der Waals surface area contributed by atoms with Gasteiger partial charge in [0.2, 0.25) is 0 Å². The van der Waals surface area contributed by atoms with Crippen molar-refractivity contribution in [3.63, 3.8) is 0 Å². The zero-order valence-corrected chi connectivity index (χ0v) is 12.5. The van der Waals surface area contributed by atoms with E-state index in [9.17, 15) is 4.79 Å². The van der Waals surface area contributed by atoms with Gasteiger partial charge in [-0.15, -0.1) is 0 Å². The number of carbonyl (C=O) groups is 1. The van der Waals surface area contributed by atoms with Gasteiger partial charge in [0.15, 0.2) is 0 Å². The summed E-state index contributed by atoms with van der Waals surface area (Å²) in [5.41, 5.74) is 1.65. The Morgan fingerprint density at radius 1 is 1.42 bits per heavy atom. The maximum absolute atomic E-state index is 11.1. The quantitative estimate of drug-likeness (QED) is 0.498. The highest BCUT2D eigenvalue weighted by Crippen LogP contribution is 2.20. The summed E-state index contributed by atoms with van der Waals surface area (Å²) < 4.78 is 4.60. The highest BCUT2D eigenvalue weighted by Gasteiger charge is 2.02. The molecule has 0 atom stereocenters. The third kappa shape index (κ3) is 5.64. The summed E-state index contributed by atoms with van der Waals surface area (Å²) in [6.07, 6.45) is 2.61. The molecular formula is C14H17Cl2NO2. The van der Waals surface area contributed by atoms with Gasteiger partial charge in [-0.25, -0.2) is 4.79 Å². The summed E-state index contributed by atoms with van der Waals surface area (Å²) in [5.74, 6) is -0.303. The van der Waals surface area contributed by atoms with Gasteiger partial charge in [0, 0.05) is 22.2 Å². The average molecular weight is 302 g/mol. The van der Waals surface area contributed by atoms with E-state index in [-0.39, 0.29) is 5.97 Å². The van der Waals surface area contributed by atoms with Crippen molar-refractivity contribution in [3.05, 3.63) is 45.5 Å². The molecule has 0 radical (unpaired) electrons. The predicted molar refractivity (Wildman–Crippen MR) is 78.8 cm³/mol. The molecule has 0 heterocycles. The van der Waals surface area contributed by atoms with Gasteiger partial charge in [-0.05, 0) is 37.6 Å². The Morgan fingerprint density at radius 3 is 2.79 bits per heavy atom. The molecule has 1 aromatic rings. The Balaban J connectivity index is 2.33. The Morgan fingerprint density at radius 2 is 2.16 bits per heavy atom. The van der Waals surface area contributed by atoms with Gasteiger partial charge in [0.1, 0.15) is 0 Å². The second-order valence-corrected chi connectivity index (χ2v) is 4.91. The number of hydrogen-bond donors (Lipinski definition) is 1. The van der Waals surface area contributed by atoms with Crippen LogP contribution in [0.2, 0.25) is 10.0 Å². The minimum Gasteiger partial charge on any atom is -0.466 e. The lowest BCUT2D eigenvalue weighted by atomic mass is 10.1. The number of ether oxygens (including phenoxy) is 1. The Hall–Kier alpha value is -1.03. The van der Waals surface area contributed by atoms with Crippen LogP contribution >= 0.6 is 23.2 Å². The maximum atomic E-state index is 11.1. The van der Waals surface area contributed by atoms with E-state index in [1.165, 1.54) is 7.11 Å². The van der Waals surface area contributed by atoms with Crippen molar-refractivity contribution in [2.75, 3.05) is 20.2 Å². The summed E-state index contributed by atoms with van der Waals surface area (Å²) in [7, 11) is 1.37. The molecule has 0 unspecified atom stereocenters. The van der Waals surface area contributed by atoms with Gasteiger partial charge in [0.05, 0.1) is 7.11 Å². The molecule has 0 amide bonds. The summed E-state index contributed by atoms with van der Waals surface area (Å²) >= 11 is 11.9. The van der Waals surface area contributed by atoms with Crippen molar-refractivity contribution in [1.29, 1.82) is 0 Å². The first-order valence-electron chi connectivity index (χ1n) is 5.94. The summed E-state index contributed by atoms with van der Waals surface area (Å²) in [6, 6.07) is 5.48. The fourth-order valence-electron chi connectivity index (χ4n) is 1.52. The minimum absolute atomic E-state index is 0.303. The van der Waals surface area contributed by atoms with E-state index >= 15 is 0 Å². The van der Waals surface area contributed by atoms with Gasteiger partial charge in [-0.1, -0.05) is 35.3 Å². The number of carbonyl (C=O) groups excluding carboxylic acids is 1. The van der Waals surface area contributed by atoms with E-state index in [0.717, 1.165) is 18.5 Å². The molecule has 104 valence electrons. The normalized spacial score (nSPS) is 11.5. The molecule has 0 spiro atoms. The molecule has 1 N–H and O–H groups in total. The van der Waals surface area contributed by atoms with Crippen LogP contribution in [0.3, 0.4) is 0 Å². The number of halogens is 2. The molecular weight excluding hydrogens is 285 g/mol. The second kappa shape index (κ2) is 8.20. The van der Waals surface area contributed by atoms with E-state index < -0.39 is 0 Å². The van der Waals surface area contributed by atoms with Crippen LogP contribution in [0.5, 0.6) is 0 Å². The number of rotatable bonds is 6. The van der Waals surface area contributed by atoms with Crippen LogP contribution in [0.4, 0.5) is 0 Å². The van der Waals surface area contributed by atoms with Crippen LogP contribution in [0.1, 0.15) is 12.5 Å². The molecule has 5 heteroatoms. The fraction of sp³-hybridized carbons (Fsp3) is 0.357. The first-order chi connectivity index (χ1) is 9.04. The van der Waals surface area contributed by atoms with Crippen molar-refractivity contribution in [2.24, 2.45) is 0 Å². The molecule has 3 nitrogen and oxygen atoms in total. The molecule has 0 aliphatic rings. The van der Waals surface area contributed by atoms with Gasteiger partial charge in [-0.3, -0.25) is 0 Å². The van der Waals surface area contributed by atoms with Gasteiger partial charge < -0.3 is 10.1 Å². The largest absolute Gasteiger partial charge is 0.466 e. The maximum Gasteiger partial charge on any atom is 0.333 e. The van der Waals surface area contributed by atoms with Gasteiger partial charge >= 0.3 is 5.97 Å². The third-order valence-electron chi connectivity index (χ3n) is 2.65. The van der Waals surface area contributed by atoms with Crippen LogP contribution < -0.4 is 5.32 Å². The van der Waals surface area contributed by atoms with Crippen LogP contribution in [0.25, 0.3) is 0 Å². The van der Waals surface area contributed by atoms with E-state index in [1.807, 2.05) is 12.1 Å². The smallest absolute Gasteiger partial charge is 0.333 e. The standard InChI is InChI=1S/C14H17Cl2NO2/c1-10(14(18)19-2)5-7-17-8-6-11-3-4-12(15)9-13(11)16/h3-5,9,17H,6-8H2,1-2H3/b10-5+. The Kier molecular flexibility index (Phi) is 6.92. The van der Waals surface area contributed by atoms with Crippen molar-refractivity contribution < 1.29 is 9.53 Å². The molecule has 0 saturated heterocycles. The molecule has 19 heavy (non-hydrogen) atoms. The molecule has 1 aromatic carbocycles. The fourth-order valence-corrected chi connectivity index (χ4v) is 2.02. The lowest BCUT2D eigenvalue weighted by Crippen LogP contribution is -2.18. The lowest BCUT2D eigenvalue weighted by Gasteiger charge is -2.05. The second-order valence-electron chi connectivity index (χ2n) is 4.07. The molecule has 0 saturated carbocycles. The van der Waals surface area contributed by atoms with E-state index in [1.54, 1.807) is 19.1 Å². The van der Waals surface area contributed by atoms with E-state index in [2.05, 4.69) is 10.1 Å². The SMILES string of the molecule is COC(=O)/C(C)=C/CNCCc1ccc(Cl)cc1Cl. The Labute approximate surface area is 123 Å². The zero-order chi connectivity index (χ0) is 14.3.